The maximum atomic E-state index is 13.1. The van der Waals surface area contributed by atoms with Gasteiger partial charge in [-0.3, -0.25) is 4.79 Å². The fourth-order valence-electron chi connectivity index (χ4n) is 4.74. The molecule has 1 aromatic carbocycles. The molecule has 0 N–H and O–H groups in total. The average molecular weight is 413 g/mol. The van der Waals surface area contributed by atoms with Gasteiger partial charge in [0.1, 0.15) is 5.75 Å². The van der Waals surface area contributed by atoms with Crippen molar-refractivity contribution in [3.05, 3.63) is 23.9 Å². The molecule has 3 heterocycles. The van der Waals surface area contributed by atoms with Crippen LogP contribution in [-0.4, -0.2) is 67.8 Å². The molecule has 162 valence electrons. The minimum atomic E-state index is 0.101. The van der Waals surface area contributed by atoms with Crippen LogP contribution in [0.5, 0.6) is 5.75 Å². The van der Waals surface area contributed by atoms with Crippen LogP contribution in [0.3, 0.4) is 0 Å². The molecule has 30 heavy (non-hydrogen) atoms. The third-order valence-electron chi connectivity index (χ3n) is 6.44. The SMILES string of the molecule is COC[C@@H]1CCCN(C(=O)C2CCN(c3nc(C)c4ccc(OC)cc4n3)CC2)C1. The van der Waals surface area contributed by atoms with E-state index in [1.807, 2.05) is 25.1 Å². The molecule has 1 atom stereocenters. The van der Waals surface area contributed by atoms with E-state index in [1.165, 1.54) is 0 Å². The van der Waals surface area contributed by atoms with E-state index in [-0.39, 0.29) is 5.92 Å². The van der Waals surface area contributed by atoms with Crippen molar-refractivity contribution in [2.75, 3.05) is 51.9 Å². The number of anilines is 1. The molecule has 2 aliphatic heterocycles. The Kier molecular flexibility index (Phi) is 6.37. The third kappa shape index (κ3) is 4.36. The number of aromatic nitrogens is 2. The van der Waals surface area contributed by atoms with Gasteiger partial charge in [-0.1, -0.05) is 0 Å². The van der Waals surface area contributed by atoms with Gasteiger partial charge in [0.05, 0.1) is 24.9 Å². The van der Waals surface area contributed by atoms with E-state index in [4.69, 9.17) is 19.4 Å². The summed E-state index contributed by atoms with van der Waals surface area (Å²) in [6, 6.07) is 5.90. The predicted octanol–water partition coefficient (Wildman–Crippen LogP) is 3.05. The summed E-state index contributed by atoms with van der Waals surface area (Å²) in [6.07, 6.45) is 3.93. The van der Waals surface area contributed by atoms with Crippen molar-refractivity contribution in [1.82, 2.24) is 14.9 Å². The average Bonchev–Trinajstić information content (AvgIpc) is 2.78. The van der Waals surface area contributed by atoms with Crippen molar-refractivity contribution in [2.45, 2.75) is 32.6 Å². The van der Waals surface area contributed by atoms with Crippen LogP contribution >= 0.6 is 0 Å². The molecule has 0 aliphatic carbocycles. The Hall–Kier alpha value is -2.41. The molecule has 4 rings (SSSR count). The zero-order valence-electron chi connectivity index (χ0n) is 18.3. The number of nitrogens with zero attached hydrogens (tertiary/aromatic N) is 4. The van der Waals surface area contributed by atoms with Gasteiger partial charge in [0, 0.05) is 50.7 Å². The maximum absolute atomic E-state index is 13.1. The van der Waals surface area contributed by atoms with Crippen molar-refractivity contribution in [3.63, 3.8) is 0 Å². The Labute approximate surface area is 178 Å². The molecule has 2 aliphatic rings. The van der Waals surface area contributed by atoms with E-state index < -0.39 is 0 Å². The van der Waals surface area contributed by atoms with E-state index in [9.17, 15) is 4.79 Å². The van der Waals surface area contributed by atoms with E-state index in [0.717, 1.165) is 86.8 Å². The van der Waals surface area contributed by atoms with Gasteiger partial charge in [-0.25, -0.2) is 9.97 Å². The van der Waals surface area contributed by atoms with Crippen LogP contribution < -0.4 is 9.64 Å². The molecular weight excluding hydrogens is 380 g/mol. The summed E-state index contributed by atoms with van der Waals surface area (Å²) >= 11 is 0. The molecule has 7 heteroatoms. The first kappa shape index (κ1) is 20.8. The summed E-state index contributed by atoms with van der Waals surface area (Å²) in [5, 5.41) is 1.04. The number of rotatable bonds is 5. The van der Waals surface area contributed by atoms with Crippen LogP contribution in [0.15, 0.2) is 18.2 Å². The van der Waals surface area contributed by atoms with Gasteiger partial charge in [0.25, 0.3) is 0 Å². The Morgan fingerprint density at radius 2 is 1.93 bits per heavy atom. The lowest BCUT2D eigenvalue weighted by atomic mass is 9.92. The zero-order valence-corrected chi connectivity index (χ0v) is 18.3. The lowest BCUT2D eigenvalue weighted by Gasteiger charge is -2.37. The zero-order chi connectivity index (χ0) is 21.1. The molecule has 0 spiro atoms. The molecule has 0 saturated carbocycles. The van der Waals surface area contributed by atoms with Crippen LogP contribution in [0.25, 0.3) is 10.9 Å². The minimum Gasteiger partial charge on any atom is -0.497 e. The second-order valence-corrected chi connectivity index (χ2v) is 8.50. The number of likely N-dealkylation sites (tertiary alicyclic amines) is 1. The number of amides is 1. The van der Waals surface area contributed by atoms with Crippen molar-refractivity contribution in [2.24, 2.45) is 11.8 Å². The van der Waals surface area contributed by atoms with Crippen LogP contribution in [0, 0.1) is 18.8 Å². The Balaban J connectivity index is 1.41. The summed E-state index contributed by atoms with van der Waals surface area (Å²) in [7, 11) is 3.40. The normalized spacial score (nSPS) is 20.6. The molecule has 2 aromatic rings. The Morgan fingerprint density at radius 3 is 2.67 bits per heavy atom. The summed E-state index contributed by atoms with van der Waals surface area (Å²) in [5.41, 5.74) is 1.86. The molecule has 0 bridgehead atoms. The number of ether oxygens (including phenoxy) is 2. The highest BCUT2D eigenvalue weighted by Gasteiger charge is 2.32. The number of hydrogen-bond acceptors (Lipinski definition) is 6. The van der Waals surface area contributed by atoms with E-state index in [0.29, 0.717) is 11.8 Å². The first-order valence-corrected chi connectivity index (χ1v) is 10.9. The van der Waals surface area contributed by atoms with E-state index in [1.54, 1.807) is 14.2 Å². The highest BCUT2D eigenvalue weighted by molar-refractivity contribution is 5.83. The number of piperidine rings is 2. The summed E-state index contributed by atoms with van der Waals surface area (Å²) in [5.74, 6) is 2.43. The predicted molar refractivity (Wildman–Crippen MR) is 117 cm³/mol. The number of methoxy groups -OCH3 is 2. The van der Waals surface area contributed by atoms with Gasteiger partial charge >= 0.3 is 0 Å². The largest absolute Gasteiger partial charge is 0.497 e. The third-order valence-corrected chi connectivity index (χ3v) is 6.44. The maximum Gasteiger partial charge on any atom is 0.226 e. The van der Waals surface area contributed by atoms with Gasteiger partial charge < -0.3 is 19.3 Å². The van der Waals surface area contributed by atoms with Crippen LogP contribution in [-0.2, 0) is 9.53 Å². The molecule has 1 amide bonds. The van der Waals surface area contributed by atoms with Crippen LogP contribution in [0.2, 0.25) is 0 Å². The number of carbonyl (C=O) groups is 1. The van der Waals surface area contributed by atoms with E-state index in [2.05, 4.69) is 9.80 Å². The lowest BCUT2D eigenvalue weighted by molar-refractivity contribution is -0.138. The molecule has 0 unspecified atom stereocenters. The molecule has 2 fully saturated rings. The lowest BCUT2D eigenvalue weighted by Crippen LogP contribution is -2.47. The Morgan fingerprint density at radius 1 is 1.13 bits per heavy atom. The smallest absolute Gasteiger partial charge is 0.226 e. The number of benzene rings is 1. The molecule has 2 saturated heterocycles. The minimum absolute atomic E-state index is 0.101. The van der Waals surface area contributed by atoms with Gasteiger partial charge in [-0.05, 0) is 50.7 Å². The Bertz CT molecular complexity index is 893. The van der Waals surface area contributed by atoms with Crippen LogP contribution in [0.1, 0.15) is 31.4 Å². The number of fused-ring (bicyclic) bond motifs is 1. The second-order valence-electron chi connectivity index (χ2n) is 8.50. The summed E-state index contributed by atoms with van der Waals surface area (Å²) in [4.78, 5) is 26.9. The number of carbonyl (C=O) groups excluding carboxylic acids is 1. The standard InChI is InChI=1S/C23H32N4O3/c1-16-20-7-6-19(30-3)13-21(20)25-23(24-16)26-11-8-18(9-12-26)22(28)27-10-4-5-17(14-27)15-29-2/h6-7,13,17-18H,4-5,8-12,14-15H2,1-3H3/t17-/m1/s1. The van der Waals surface area contributed by atoms with Gasteiger partial charge in [0.15, 0.2) is 0 Å². The van der Waals surface area contributed by atoms with Crippen molar-refractivity contribution < 1.29 is 14.3 Å². The second kappa shape index (κ2) is 9.16. The van der Waals surface area contributed by atoms with Crippen LogP contribution in [0.4, 0.5) is 5.95 Å². The quantitative estimate of drug-likeness (QED) is 0.752. The highest BCUT2D eigenvalue weighted by Crippen LogP contribution is 2.28. The van der Waals surface area contributed by atoms with Gasteiger partial charge in [-0.2, -0.15) is 0 Å². The van der Waals surface area contributed by atoms with Crippen molar-refractivity contribution in [1.29, 1.82) is 0 Å². The highest BCUT2D eigenvalue weighted by atomic mass is 16.5. The molecule has 0 radical (unpaired) electrons. The molecule has 7 nitrogen and oxygen atoms in total. The monoisotopic (exact) mass is 412 g/mol. The summed E-state index contributed by atoms with van der Waals surface area (Å²) in [6.45, 7) is 6.09. The fourth-order valence-corrected chi connectivity index (χ4v) is 4.74. The summed E-state index contributed by atoms with van der Waals surface area (Å²) < 4.78 is 10.7. The van der Waals surface area contributed by atoms with Crippen molar-refractivity contribution in [3.8, 4) is 5.75 Å². The first-order valence-electron chi connectivity index (χ1n) is 10.9. The fraction of sp³-hybridized carbons (Fsp3) is 0.609. The van der Waals surface area contributed by atoms with Gasteiger partial charge in [-0.15, -0.1) is 0 Å². The molecule has 1 aromatic heterocycles. The number of aryl methyl sites for hydroxylation is 1. The van der Waals surface area contributed by atoms with E-state index >= 15 is 0 Å². The number of hydrogen-bond donors (Lipinski definition) is 0. The van der Waals surface area contributed by atoms with Crippen molar-refractivity contribution >= 4 is 22.8 Å². The van der Waals surface area contributed by atoms with Gasteiger partial charge in [0.2, 0.25) is 11.9 Å². The topological polar surface area (TPSA) is 67.8 Å². The molecular formula is C23H32N4O3. The first-order chi connectivity index (χ1) is 14.6.